The number of halogens is 3. The van der Waals surface area contributed by atoms with E-state index in [1.54, 1.807) is 18.2 Å². The maximum atomic E-state index is 6.84. The van der Waals surface area contributed by atoms with E-state index in [1.807, 2.05) is 0 Å². The summed E-state index contributed by atoms with van der Waals surface area (Å²) in [6, 6.07) is 5.08. The fourth-order valence-corrected chi connectivity index (χ4v) is 1.08. The van der Waals surface area contributed by atoms with E-state index in [0.29, 0.717) is 10.0 Å². The number of benzene rings is 1. The van der Waals surface area contributed by atoms with Gasteiger partial charge in [-0.05, 0) is 17.7 Å². The van der Waals surface area contributed by atoms with Crippen molar-refractivity contribution in [2.75, 3.05) is 0 Å². The van der Waals surface area contributed by atoms with Crippen molar-refractivity contribution in [3.05, 3.63) is 33.8 Å². The molecule has 0 spiro atoms. The van der Waals surface area contributed by atoms with Crippen molar-refractivity contribution in [1.82, 2.24) is 5.43 Å². The molecule has 0 fully saturated rings. The van der Waals surface area contributed by atoms with Gasteiger partial charge in [0, 0.05) is 0 Å². The summed E-state index contributed by atoms with van der Waals surface area (Å²) in [5.74, 6) is -0.221. The number of guanidine groups is 1. The lowest BCUT2D eigenvalue weighted by atomic mass is 10.2. The summed E-state index contributed by atoms with van der Waals surface area (Å²) in [5, 5.41) is 11.5. The van der Waals surface area contributed by atoms with Crippen molar-refractivity contribution >= 4 is 47.8 Å². The lowest BCUT2D eigenvalue weighted by Crippen LogP contribution is -2.25. The number of nitrogens with two attached hydrogens (primary N) is 1. The number of hydrogen-bond acceptors (Lipinski definition) is 2. The van der Waals surface area contributed by atoms with Crippen LogP contribution in [0.1, 0.15) is 5.56 Å². The van der Waals surface area contributed by atoms with E-state index >= 15 is 0 Å². The number of hydrogen-bond donors (Lipinski definition) is 3. The highest BCUT2D eigenvalue weighted by Gasteiger charge is 1.96. The fraction of sp³-hybridized carbons (Fsp3) is 0. The van der Waals surface area contributed by atoms with Gasteiger partial charge in [0.2, 0.25) is 5.96 Å². The largest absolute Gasteiger partial charge is 0.369 e. The Balaban J connectivity index is 0.00000196. The first kappa shape index (κ1) is 14.0. The minimum absolute atomic E-state index is 0. The average molecular weight is 268 g/mol. The molecule has 1 aromatic rings. The molecule has 0 radical (unpaired) electrons. The van der Waals surface area contributed by atoms with Crippen LogP contribution >= 0.6 is 35.6 Å². The molecule has 0 aliphatic rings. The van der Waals surface area contributed by atoms with Gasteiger partial charge in [-0.25, -0.2) is 5.43 Å². The lowest BCUT2D eigenvalue weighted by Gasteiger charge is -1.97. The van der Waals surface area contributed by atoms with Crippen LogP contribution in [-0.4, -0.2) is 12.2 Å². The van der Waals surface area contributed by atoms with Crippen LogP contribution in [0, 0.1) is 5.41 Å². The Hall–Kier alpha value is -0.970. The summed E-state index contributed by atoms with van der Waals surface area (Å²) < 4.78 is 0. The summed E-state index contributed by atoms with van der Waals surface area (Å²) >= 11 is 11.5. The molecular weight excluding hydrogens is 258 g/mol. The molecule has 0 unspecified atom stereocenters. The van der Waals surface area contributed by atoms with Crippen LogP contribution in [0.3, 0.4) is 0 Å². The molecule has 0 heterocycles. The first-order valence-corrected chi connectivity index (χ1v) is 4.43. The number of nitrogens with one attached hydrogen (secondary N) is 2. The Morgan fingerprint density at radius 2 is 2.07 bits per heavy atom. The molecule has 1 rings (SSSR count). The molecule has 0 aliphatic carbocycles. The molecule has 0 aliphatic heterocycles. The van der Waals surface area contributed by atoms with Crippen LogP contribution < -0.4 is 11.2 Å². The van der Waals surface area contributed by atoms with E-state index in [9.17, 15) is 0 Å². The molecular formula is C8H9Cl3N4. The molecule has 7 heteroatoms. The van der Waals surface area contributed by atoms with Crippen molar-refractivity contribution in [1.29, 1.82) is 5.41 Å². The van der Waals surface area contributed by atoms with Gasteiger partial charge in [-0.1, -0.05) is 29.3 Å². The SMILES string of the molecule is Cl.N=C(N)N/N=C/c1ccc(Cl)c(Cl)c1. The summed E-state index contributed by atoms with van der Waals surface area (Å²) in [5.41, 5.74) is 8.08. The van der Waals surface area contributed by atoms with Gasteiger partial charge >= 0.3 is 0 Å². The van der Waals surface area contributed by atoms with Crippen molar-refractivity contribution in [2.24, 2.45) is 10.8 Å². The molecule has 4 N–H and O–H groups in total. The molecule has 1 aromatic carbocycles. The maximum absolute atomic E-state index is 6.84. The van der Waals surface area contributed by atoms with Gasteiger partial charge in [-0.2, -0.15) is 5.10 Å². The highest BCUT2D eigenvalue weighted by Crippen LogP contribution is 2.21. The Kier molecular flexibility index (Phi) is 6.08. The number of nitrogens with zero attached hydrogens (tertiary/aromatic N) is 1. The lowest BCUT2D eigenvalue weighted by molar-refractivity contribution is 1.00. The third kappa shape index (κ3) is 4.88. The normalized spacial score (nSPS) is 9.73. The Bertz CT molecular complexity index is 378. The predicted octanol–water partition coefficient (Wildman–Crippen LogP) is 2.23. The second-order valence-corrected chi connectivity index (χ2v) is 3.27. The molecule has 0 amide bonds. The van der Waals surface area contributed by atoms with Crippen LogP contribution in [0.15, 0.2) is 23.3 Å². The molecule has 0 bridgehead atoms. The first-order chi connectivity index (χ1) is 6.59. The fourth-order valence-electron chi connectivity index (χ4n) is 0.769. The van der Waals surface area contributed by atoms with E-state index in [4.69, 9.17) is 34.3 Å². The van der Waals surface area contributed by atoms with Crippen LogP contribution in [0.5, 0.6) is 0 Å². The zero-order valence-corrected chi connectivity index (χ0v) is 9.83. The van der Waals surface area contributed by atoms with Crippen LogP contribution in [-0.2, 0) is 0 Å². The standard InChI is InChI=1S/C8H8Cl2N4.ClH/c9-6-2-1-5(3-7(6)10)4-13-14-8(11)12;/h1-4H,(H4,11,12,14);1H/b13-4+;. The first-order valence-electron chi connectivity index (χ1n) is 3.68. The molecule has 0 aromatic heterocycles. The molecule has 0 saturated heterocycles. The zero-order valence-electron chi connectivity index (χ0n) is 7.50. The van der Waals surface area contributed by atoms with E-state index < -0.39 is 0 Å². The third-order valence-electron chi connectivity index (χ3n) is 1.34. The summed E-state index contributed by atoms with van der Waals surface area (Å²) in [6.07, 6.45) is 1.49. The van der Waals surface area contributed by atoms with Gasteiger partial charge in [-0.3, -0.25) is 5.41 Å². The van der Waals surface area contributed by atoms with Crippen molar-refractivity contribution in [3.8, 4) is 0 Å². The zero-order chi connectivity index (χ0) is 10.6. The minimum Gasteiger partial charge on any atom is -0.369 e. The van der Waals surface area contributed by atoms with Crippen LogP contribution in [0.25, 0.3) is 0 Å². The molecule has 0 atom stereocenters. The second-order valence-electron chi connectivity index (χ2n) is 2.46. The van der Waals surface area contributed by atoms with Crippen LogP contribution in [0.4, 0.5) is 0 Å². The Labute approximate surface area is 103 Å². The molecule has 0 saturated carbocycles. The van der Waals surface area contributed by atoms with Crippen LogP contribution in [0.2, 0.25) is 10.0 Å². The van der Waals surface area contributed by atoms with Gasteiger partial charge in [0.1, 0.15) is 0 Å². The van der Waals surface area contributed by atoms with Gasteiger partial charge in [0.05, 0.1) is 16.3 Å². The molecule has 82 valence electrons. The van der Waals surface area contributed by atoms with Gasteiger partial charge in [0.25, 0.3) is 0 Å². The summed E-state index contributed by atoms with van der Waals surface area (Å²) in [7, 11) is 0. The predicted molar refractivity (Wildman–Crippen MR) is 66.4 cm³/mol. The highest BCUT2D eigenvalue weighted by atomic mass is 35.5. The van der Waals surface area contributed by atoms with Gasteiger partial charge in [0.15, 0.2) is 0 Å². The summed E-state index contributed by atoms with van der Waals surface area (Å²) in [6.45, 7) is 0. The Morgan fingerprint density at radius 1 is 1.40 bits per heavy atom. The van der Waals surface area contributed by atoms with E-state index in [2.05, 4.69) is 10.5 Å². The number of hydrazone groups is 1. The smallest absolute Gasteiger partial charge is 0.206 e. The maximum Gasteiger partial charge on any atom is 0.206 e. The van der Waals surface area contributed by atoms with E-state index in [-0.39, 0.29) is 18.4 Å². The average Bonchev–Trinajstić information content (AvgIpc) is 2.10. The molecule has 15 heavy (non-hydrogen) atoms. The minimum atomic E-state index is -0.221. The topological polar surface area (TPSA) is 74.3 Å². The van der Waals surface area contributed by atoms with E-state index in [1.165, 1.54) is 6.21 Å². The van der Waals surface area contributed by atoms with Crippen molar-refractivity contribution in [3.63, 3.8) is 0 Å². The monoisotopic (exact) mass is 266 g/mol. The molecule has 4 nitrogen and oxygen atoms in total. The third-order valence-corrected chi connectivity index (χ3v) is 2.08. The van der Waals surface area contributed by atoms with Gasteiger partial charge in [-0.15, -0.1) is 12.4 Å². The van der Waals surface area contributed by atoms with E-state index in [0.717, 1.165) is 5.56 Å². The van der Waals surface area contributed by atoms with Gasteiger partial charge < -0.3 is 5.73 Å². The number of rotatable bonds is 2. The van der Waals surface area contributed by atoms with Crippen molar-refractivity contribution in [2.45, 2.75) is 0 Å². The second kappa shape index (κ2) is 6.50. The highest BCUT2D eigenvalue weighted by molar-refractivity contribution is 6.42. The quantitative estimate of drug-likeness (QED) is 0.437. The van der Waals surface area contributed by atoms with Crippen molar-refractivity contribution < 1.29 is 0 Å². The Morgan fingerprint density at radius 3 is 2.60 bits per heavy atom. The summed E-state index contributed by atoms with van der Waals surface area (Å²) in [4.78, 5) is 0.